The molecule has 2 N–H and O–H groups in total. The standard InChI is InChI=1S/C31H29N5O4S/c1-3-25(37)33-21-11-7-8-12-22(21)34-29(38)28-27-26-23(15-16-32-30(26)41-28)35-31(39)36(27)24-14-13-20(17-18(24)2)40-19-9-5-4-6-10-19/h4-6,9-10,13-17,21H,3,7-8,11-12H2,1-2H3,(H,33,37)(H,35,39)/t21-/m0/s1. The molecule has 0 saturated heterocycles. The minimum atomic E-state index is -0.442. The summed E-state index contributed by atoms with van der Waals surface area (Å²) in [6.07, 6.45) is 5.23. The SMILES string of the molecule is CCC(=O)N[C@H]1CCCCC1=NC(=O)c1sc2nccc3c2c1N(c1ccc(Oc2ccccc2)cc1C)C(=O)N3. The number of thiophene rings is 1. The Morgan fingerprint density at radius 1 is 1.15 bits per heavy atom. The second kappa shape index (κ2) is 11.1. The van der Waals surface area contributed by atoms with Crippen LogP contribution in [0, 0.1) is 6.92 Å². The molecule has 1 aliphatic heterocycles. The van der Waals surface area contributed by atoms with E-state index in [1.807, 2.05) is 49.4 Å². The number of nitrogens with one attached hydrogen (secondary N) is 2. The van der Waals surface area contributed by atoms with E-state index in [4.69, 9.17) is 4.74 Å². The summed E-state index contributed by atoms with van der Waals surface area (Å²) in [5.74, 6) is 0.828. The molecule has 0 bridgehead atoms. The lowest BCUT2D eigenvalue weighted by molar-refractivity contribution is -0.121. The van der Waals surface area contributed by atoms with Gasteiger partial charge in [-0.1, -0.05) is 31.5 Å². The minimum Gasteiger partial charge on any atom is -0.457 e. The number of ether oxygens (including phenoxy) is 1. The second-order valence-corrected chi connectivity index (χ2v) is 11.1. The number of para-hydroxylation sites is 1. The lowest BCUT2D eigenvalue weighted by Gasteiger charge is -2.29. The third kappa shape index (κ3) is 5.18. The summed E-state index contributed by atoms with van der Waals surface area (Å²) in [7, 11) is 0. The molecular weight excluding hydrogens is 538 g/mol. The van der Waals surface area contributed by atoms with Crippen LogP contribution >= 0.6 is 11.3 Å². The number of benzene rings is 2. The maximum atomic E-state index is 13.8. The fraction of sp³-hybridized carbons (Fsp3) is 0.258. The van der Waals surface area contributed by atoms with Gasteiger partial charge in [-0.05, 0) is 68.1 Å². The molecule has 0 unspecified atom stereocenters. The van der Waals surface area contributed by atoms with Gasteiger partial charge in [0.15, 0.2) is 0 Å². The third-order valence-electron chi connectivity index (χ3n) is 7.30. The van der Waals surface area contributed by atoms with Gasteiger partial charge in [-0.3, -0.25) is 14.5 Å². The van der Waals surface area contributed by atoms with Crippen molar-refractivity contribution in [1.82, 2.24) is 10.3 Å². The van der Waals surface area contributed by atoms with Gasteiger partial charge in [-0.2, -0.15) is 0 Å². The average Bonchev–Trinajstić information content (AvgIpc) is 3.36. The van der Waals surface area contributed by atoms with Crippen molar-refractivity contribution in [3.63, 3.8) is 0 Å². The Kier molecular flexibility index (Phi) is 7.23. The van der Waals surface area contributed by atoms with E-state index >= 15 is 0 Å². The van der Waals surface area contributed by atoms with Crippen LogP contribution in [0.1, 0.15) is 54.3 Å². The highest BCUT2D eigenvalue weighted by Crippen LogP contribution is 2.48. The van der Waals surface area contributed by atoms with Crippen LogP contribution in [-0.2, 0) is 4.79 Å². The predicted molar refractivity (Wildman–Crippen MR) is 161 cm³/mol. The Bertz CT molecular complexity index is 1700. The number of rotatable bonds is 6. The molecule has 3 heterocycles. The van der Waals surface area contributed by atoms with Crippen LogP contribution in [0.15, 0.2) is 65.8 Å². The first kappa shape index (κ1) is 26.6. The molecule has 2 aliphatic rings. The van der Waals surface area contributed by atoms with E-state index in [1.165, 1.54) is 16.2 Å². The smallest absolute Gasteiger partial charge is 0.331 e. The Hall–Kier alpha value is -4.57. The highest BCUT2D eigenvalue weighted by atomic mass is 32.1. The molecule has 2 aromatic carbocycles. The summed E-state index contributed by atoms with van der Waals surface area (Å²) in [5, 5.41) is 6.65. The van der Waals surface area contributed by atoms with Crippen LogP contribution < -0.4 is 20.3 Å². The topological polar surface area (TPSA) is 113 Å². The number of carbonyl (C=O) groups is 3. The summed E-state index contributed by atoms with van der Waals surface area (Å²) >= 11 is 1.22. The van der Waals surface area contributed by atoms with Gasteiger partial charge in [0, 0.05) is 18.3 Å². The molecule has 2 aromatic heterocycles. The zero-order chi connectivity index (χ0) is 28.5. The van der Waals surface area contributed by atoms with Crippen LogP contribution in [0.5, 0.6) is 11.5 Å². The van der Waals surface area contributed by atoms with Crippen molar-refractivity contribution in [2.24, 2.45) is 4.99 Å². The average molecular weight is 568 g/mol. The van der Waals surface area contributed by atoms with E-state index in [9.17, 15) is 14.4 Å². The molecule has 4 amide bonds. The third-order valence-corrected chi connectivity index (χ3v) is 8.37. The van der Waals surface area contributed by atoms with Crippen molar-refractivity contribution in [2.45, 2.75) is 52.0 Å². The van der Waals surface area contributed by atoms with Crippen LogP contribution in [0.25, 0.3) is 10.2 Å². The quantitative estimate of drug-likeness (QED) is 0.257. The molecule has 1 atom stereocenters. The Morgan fingerprint density at radius 2 is 1.98 bits per heavy atom. The molecule has 1 aliphatic carbocycles. The number of hydrogen-bond donors (Lipinski definition) is 2. The zero-order valence-electron chi connectivity index (χ0n) is 22.8. The van der Waals surface area contributed by atoms with Crippen molar-refractivity contribution < 1.29 is 19.1 Å². The highest BCUT2D eigenvalue weighted by Gasteiger charge is 2.35. The fourth-order valence-corrected chi connectivity index (χ4v) is 6.34. The summed E-state index contributed by atoms with van der Waals surface area (Å²) in [6, 6.07) is 16.0. The molecule has 9 nitrogen and oxygen atoms in total. The van der Waals surface area contributed by atoms with Gasteiger partial charge in [-0.25, -0.2) is 14.8 Å². The zero-order valence-corrected chi connectivity index (χ0v) is 23.6. The molecule has 208 valence electrons. The first-order valence-corrected chi connectivity index (χ1v) is 14.5. The summed E-state index contributed by atoms with van der Waals surface area (Å²) < 4.78 is 5.99. The van der Waals surface area contributed by atoms with Crippen LogP contribution in [0.3, 0.4) is 0 Å². The number of aryl methyl sites for hydroxylation is 1. The van der Waals surface area contributed by atoms with Gasteiger partial charge in [-0.15, -0.1) is 11.3 Å². The molecule has 10 heteroatoms. The van der Waals surface area contributed by atoms with Gasteiger partial charge in [0.25, 0.3) is 5.91 Å². The lowest BCUT2D eigenvalue weighted by Crippen LogP contribution is -2.42. The molecule has 0 spiro atoms. The Balaban J connectivity index is 1.41. The number of anilines is 3. The van der Waals surface area contributed by atoms with Crippen molar-refractivity contribution in [3.05, 3.63) is 71.2 Å². The number of carbonyl (C=O) groups excluding carboxylic acids is 3. The minimum absolute atomic E-state index is 0.0686. The van der Waals surface area contributed by atoms with Crippen molar-refractivity contribution >= 4 is 62.2 Å². The van der Waals surface area contributed by atoms with E-state index in [-0.39, 0.29) is 18.0 Å². The predicted octanol–water partition coefficient (Wildman–Crippen LogP) is 7.13. The normalized spacial score (nSPS) is 17.4. The number of nitrogens with zero attached hydrogens (tertiary/aromatic N) is 3. The molecule has 41 heavy (non-hydrogen) atoms. The number of pyridine rings is 1. The number of hydrogen-bond acceptors (Lipinski definition) is 6. The van der Waals surface area contributed by atoms with Crippen LogP contribution in [-0.4, -0.2) is 34.6 Å². The molecule has 0 radical (unpaired) electrons. The second-order valence-electron chi connectivity index (χ2n) is 10.1. The first-order chi connectivity index (χ1) is 19.9. The summed E-state index contributed by atoms with van der Waals surface area (Å²) in [6.45, 7) is 3.70. The van der Waals surface area contributed by atoms with E-state index < -0.39 is 5.91 Å². The summed E-state index contributed by atoms with van der Waals surface area (Å²) in [5.41, 5.74) is 3.15. The van der Waals surface area contributed by atoms with Crippen molar-refractivity contribution in [3.8, 4) is 11.5 Å². The van der Waals surface area contributed by atoms with Gasteiger partial charge < -0.3 is 15.4 Å². The molecule has 6 rings (SSSR count). The maximum absolute atomic E-state index is 13.8. The van der Waals surface area contributed by atoms with Gasteiger partial charge in [0.2, 0.25) is 5.91 Å². The number of amides is 4. The molecular formula is C31H29N5O4S. The molecule has 4 aromatic rings. The molecule has 1 saturated carbocycles. The van der Waals surface area contributed by atoms with Gasteiger partial charge >= 0.3 is 6.03 Å². The molecule has 1 fully saturated rings. The van der Waals surface area contributed by atoms with E-state index in [0.29, 0.717) is 62.2 Å². The number of aliphatic imine (C=N–C) groups is 1. The maximum Gasteiger partial charge on any atom is 0.331 e. The first-order valence-electron chi connectivity index (χ1n) is 13.7. The number of aromatic nitrogens is 1. The Labute approximate surface area is 241 Å². The van der Waals surface area contributed by atoms with Crippen molar-refractivity contribution in [2.75, 3.05) is 10.2 Å². The highest BCUT2D eigenvalue weighted by molar-refractivity contribution is 7.21. The number of urea groups is 1. The monoisotopic (exact) mass is 567 g/mol. The Morgan fingerprint density at radius 3 is 2.76 bits per heavy atom. The van der Waals surface area contributed by atoms with E-state index in [0.717, 1.165) is 24.8 Å². The summed E-state index contributed by atoms with van der Waals surface area (Å²) in [4.78, 5) is 51.0. The van der Waals surface area contributed by atoms with Gasteiger partial charge in [0.1, 0.15) is 21.2 Å². The fourth-order valence-electron chi connectivity index (χ4n) is 5.30. The largest absolute Gasteiger partial charge is 0.457 e. The van der Waals surface area contributed by atoms with Crippen molar-refractivity contribution in [1.29, 1.82) is 0 Å². The van der Waals surface area contributed by atoms with Gasteiger partial charge in [0.05, 0.1) is 28.5 Å². The van der Waals surface area contributed by atoms with Crippen LogP contribution in [0.4, 0.5) is 21.9 Å². The lowest BCUT2D eigenvalue weighted by atomic mass is 9.93. The van der Waals surface area contributed by atoms with E-state index in [2.05, 4.69) is 20.6 Å². The van der Waals surface area contributed by atoms with E-state index in [1.54, 1.807) is 25.3 Å². The van der Waals surface area contributed by atoms with Crippen LogP contribution in [0.2, 0.25) is 0 Å².